The first-order valence-corrected chi connectivity index (χ1v) is 7.32. The van der Waals surface area contributed by atoms with Gasteiger partial charge in [0.05, 0.1) is 16.1 Å². The monoisotopic (exact) mass is 336 g/mol. The summed E-state index contributed by atoms with van der Waals surface area (Å²) in [5, 5.41) is 10.6. The Bertz CT molecular complexity index is 579. The van der Waals surface area contributed by atoms with Crippen molar-refractivity contribution >= 4 is 41.1 Å². The molecule has 0 bridgehead atoms. The van der Waals surface area contributed by atoms with E-state index in [4.69, 9.17) is 16.7 Å². The molecule has 2 amide bonds. The first-order chi connectivity index (χ1) is 9.81. The minimum absolute atomic E-state index is 0.240. The SMILES string of the molecule is CC1SCC(C(=O)O)N1C(=O)Nc1c(F)cc(F)cc1Cl. The lowest BCUT2D eigenvalue weighted by atomic mass is 10.2. The molecule has 0 radical (unpaired) electrons. The van der Waals surface area contributed by atoms with Gasteiger partial charge in [0, 0.05) is 11.8 Å². The quantitative estimate of drug-likeness (QED) is 0.871. The smallest absolute Gasteiger partial charge is 0.327 e. The van der Waals surface area contributed by atoms with Gasteiger partial charge >= 0.3 is 12.0 Å². The van der Waals surface area contributed by atoms with Crippen molar-refractivity contribution in [2.24, 2.45) is 0 Å². The van der Waals surface area contributed by atoms with E-state index in [1.165, 1.54) is 11.8 Å². The fourth-order valence-corrected chi connectivity index (χ4v) is 3.38. The first kappa shape index (κ1) is 15.8. The molecule has 1 aromatic carbocycles. The van der Waals surface area contributed by atoms with Gasteiger partial charge in [0.15, 0.2) is 5.82 Å². The summed E-state index contributed by atoms with van der Waals surface area (Å²) < 4.78 is 26.6. The minimum atomic E-state index is -1.15. The molecule has 5 nitrogen and oxygen atoms in total. The molecule has 2 unspecified atom stereocenters. The number of urea groups is 1. The average molecular weight is 337 g/mol. The standard InChI is InChI=1S/C12H11ClF2N2O3S/c1-5-17(9(4-21-5)11(18)19)12(20)16-10-7(13)2-6(14)3-8(10)15/h2-3,5,9H,4H2,1H3,(H,16,20)(H,18,19). The van der Waals surface area contributed by atoms with Gasteiger partial charge in [0.1, 0.15) is 11.9 Å². The summed E-state index contributed by atoms with van der Waals surface area (Å²) in [6, 6.07) is -0.366. The summed E-state index contributed by atoms with van der Waals surface area (Å²) in [5.74, 6) is -2.81. The molecule has 1 aliphatic rings. The number of rotatable bonds is 2. The average Bonchev–Trinajstić information content (AvgIpc) is 2.75. The van der Waals surface area contributed by atoms with Crippen LogP contribution in [0.2, 0.25) is 5.02 Å². The van der Waals surface area contributed by atoms with Gasteiger partial charge in [0.25, 0.3) is 0 Å². The van der Waals surface area contributed by atoms with Gasteiger partial charge in [0.2, 0.25) is 0 Å². The second kappa shape index (κ2) is 6.07. The topological polar surface area (TPSA) is 69.6 Å². The molecule has 9 heteroatoms. The lowest BCUT2D eigenvalue weighted by Crippen LogP contribution is -2.46. The molecule has 2 rings (SSSR count). The normalized spacial score (nSPS) is 21.4. The number of carbonyl (C=O) groups excluding carboxylic acids is 1. The van der Waals surface area contributed by atoms with Crippen LogP contribution in [0.4, 0.5) is 19.3 Å². The Morgan fingerprint density at radius 2 is 2.14 bits per heavy atom. The molecule has 1 aromatic rings. The van der Waals surface area contributed by atoms with Crippen molar-refractivity contribution in [3.8, 4) is 0 Å². The fourth-order valence-electron chi connectivity index (χ4n) is 1.97. The highest BCUT2D eigenvalue weighted by molar-refractivity contribution is 8.00. The van der Waals surface area contributed by atoms with Crippen LogP contribution in [0.5, 0.6) is 0 Å². The zero-order valence-corrected chi connectivity index (χ0v) is 12.3. The predicted molar refractivity (Wildman–Crippen MR) is 75.6 cm³/mol. The third-order valence-electron chi connectivity index (χ3n) is 2.98. The predicted octanol–water partition coefficient (Wildman–Crippen LogP) is 3.00. The summed E-state index contributed by atoms with van der Waals surface area (Å²) in [5.41, 5.74) is -0.378. The van der Waals surface area contributed by atoms with Gasteiger partial charge in [-0.3, -0.25) is 4.90 Å². The Kier molecular flexibility index (Phi) is 4.58. The summed E-state index contributed by atoms with van der Waals surface area (Å²) in [6.07, 6.45) is 0. The number of benzene rings is 1. The summed E-state index contributed by atoms with van der Waals surface area (Å²) in [6.45, 7) is 1.66. The highest BCUT2D eigenvalue weighted by Crippen LogP contribution is 2.31. The number of nitrogens with zero attached hydrogens (tertiary/aromatic N) is 1. The molecule has 21 heavy (non-hydrogen) atoms. The zero-order valence-electron chi connectivity index (χ0n) is 10.8. The van der Waals surface area contributed by atoms with Crippen molar-refractivity contribution in [3.63, 3.8) is 0 Å². The van der Waals surface area contributed by atoms with Crippen LogP contribution in [-0.4, -0.2) is 39.2 Å². The van der Waals surface area contributed by atoms with Crippen molar-refractivity contribution in [1.82, 2.24) is 4.90 Å². The lowest BCUT2D eigenvalue weighted by Gasteiger charge is -2.25. The van der Waals surface area contributed by atoms with Crippen molar-refractivity contribution in [2.75, 3.05) is 11.1 Å². The highest BCUT2D eigenvalue weighted by Gasteiger charge is 2.39. The number of halogens is 3. The van der Waals surface area contributed by atoms with Crippen LogP contribution in [-0.2, 0) is 4.79 Å². The minimum Gasteiger partial charge on any atom is -0.480 e. The lowest BCUT2D eigenvalue weighted by molar-refractivity contribution is -0.141. The Hall–Kier alpha value is -1.54. The molecule has 2 N–H and O–H groups in total. The van der Waals surface area contributed by atoms with Crippen LogP contribution < -0.4 is 5.32 Å². The van der Waals surface area contributed by atoms with Crippen LogP contribution in [0.3, 0.4) is 0 Å². The van der Waals surface area contributed by atoms with Crippen molar-refractivity contribution in [3.05, 3.63) is 28.8 Å². The molecule has 114 valence electrons. The Morgan fingerprint density at radius 1 is 1.48 bits per heavy atom. The molecular formula is C12H11ClF2N2O3S. The van der Waals surface area contributed by atoms with Gasteiger partial charge in [-0.15, -0.1) is 11.8 Å². The van der Waals surface area contributed by atoms with Crippen LogP contribution in [0, 0.1) is 11.6 Å². The molecule has 0 spiro atoms. The number of thioether (sulfide) groups is 1. The third-order valence-corrected chi connectivity index (χ3v) is 4.50. The number of carboxylic acid groups (broad SMARTS) is 1. The number of hydrogen-bond donors (Lipinski definition) is 2. The van der Waals surface area contributed by atoms with E-state index < -0.39 is 29.7 Å². The largest absolute Gasteiger partial charge is 0.480 e. The summed E-state index contributed by atoms with van der Waals surface area (Å²) >= 11 is 6.98. The fraction of sp³-hybridized carbons (Fsp3) is 0.333. The molecule has 2 atom stereocenters. The summed E-state index contributed by atoms with van der Waals surface area (Å²) in [4.78, 5) is 24.3. The van der Waals surface area contributed by atoms with Crippen molar-refractivity contribution in [2.45, 2.75) is 18.3 Å². The van der Waals surface area contributed by atoms with Crippen LogP contribution in [0.1, 0.15) is 6.92 Å². The molecule has 0 aliphatic carbocycles. The Balaban J connectivity index is 2.23. The Morgan fingerprint density at radius 3 is 2.71 bits per heavy atom. The molecule has 0 aromatic heterocycles. The van der Waals surface area contributed by atoms with E-state index in [-0.39, 0.29) is 21.8 Å². The van der Waals surface area contributed by atoms with Gasteiger partial charge < -0.3 is 10.4 Å². The van der Waals surface area contributed by atoms with E-state index in [9.17, 15) is 18.4 Å². The summed E-state index contributed by atoms with van der Waals surface area (Å²) in [7, 11) is 0. The number of hydrogen-bond acceptors (Lipinski definition) is 3. The first-order valence-electron chi connectivity index (χ1n) is 5.89. The van der Waals surface area contributed by atoms with E-state index >= 15 is 0 Å². The number of aliphatic carboxylic acids is 1. The Labute approximate surface area is 128 Å². The molecule has 1 aliphatic heterocycles. The highest BCUT2D eigenvalue weighted by atomic mass is 35.5. The van der Waals surface area contributed by atoms with E-state index in [0.29, 0.717) is 6.07 Å². The van der Waals surface area contributed by atoms with Crippen LogP contribution >= 0.6 is 23.4 Å². The molecular weight excluding hydrogens is 326 g/mol. The van der Waals surface area contributed by atoms with E-state index in [2.05, 4.69) is 5.32 Å². The number of nitrogens with one attached hydrogen (secondary N) is 1. The van der Waals surface area contributed by atoms with E-state index in [1.54, 1.807) is 6.92 Å². The molecule has 0 saturated carbocycles. The molecule has 1 fully saturated rings. The second-order valence-corrected chi connectivity index (χ2v) is 6.12. The van der Waals surface area contributed by atoms with E-state index in [0.717, 1.165) is 11.0 Å². The van der Waals surface area contributed by atoms with Gasteiger partial charge in [-0.2, -0.15) is 0 Å². The van der Waals surface area contributed by atoms with Gasteiger partial charge in [-0.05, 0) is 13.0 Å². The zero-order chi connectivity index (χ0) is 15.7. The van der Waals surface area contributed by atoms with Crippen molar-refractivity contribution in [1.29, 1.82) is 0 Å². The van der Waals surface area contributed by atoms with Gasteiger partial charge in [-0.1, -0.05) is 11.6 Å². The maximum atomic E-state index is 13.6. The van der Waals surface area contributed by atoms with Crippen LogP contribution in [0.25, 0.3) is 0 Å². The van der Waals surface area contributed by atoms with E-state index in [1.807, 2.05) is 0 Å². The maximum Gasteiger partial charge on any atom is 0.327 e. The number of anilines is 1. The van der Waals surface area contributed by atoms with Gasteiger partial charge in [-0.25, -0.2) is 18.4 Å². The second-order valence-electron chi connectivity index (χ2n) is 4.37. The van der Waals surface area contributed by atoms with Crippen molar-refractivity contribution < 1.29 is 23.5 Å². The number of carbonyl (C=O) groups is 2. The number of amides is 2. The number of carboxylic acids is 1. The molecule has 1 saturated heterocycles. The maximum absolute atomic E-state index is 13.6. The molecule has 1 heterocycles. The third kappa shape index (κ3) is 3.21. The van der Waals surface area contributed by atoms with Crippen LogP contribution in [0.15, 0.2) is 12.1 Å².